The largest absolute Gasteiger partial charge is 0.460 e. The third-order valence-electron chi connectivity index (χ3n) is 3.62. The Morgan fingerprint density at radius 3 is 2.37 bits per heavy atom. The van der Waals surface area contributed by atoms with Crippen LogP contribution in [0.15, 0.2) is 79.1 Å². The first-order valence-corrected chi connectivity index (χ1v) is 8.36. The summed E-state index contributed by atoms with van der Waals surface area (Å²) in [7, 11) is 0. The van der Waals surface area contributed by atoms with Crippen molar-refractivity contribution in [2.75, 3.05) is 6.54 Å². The van der Waals surface area contributed by atoms with E-state index in [9.17, 15) is 9.59 Å². The number of nitrogens with zero attached hydrogens (tertiary/aromatic N) is 1. The number of aromatic nitrogens is 1. The zero-order valence-electron chi connectivity index (χ0n) is 14.5. The summed E-state index contributed by atoms with van der Waals surface area (Å²) in [5, 5.41) is 2.54. The number of amides is 1. The minimum Gasteiger partial charge on any atom is -0.460 e. The van der Waals surface area contributed by atoms with Gasteiger partial charge in [0.25, 0.3) is 5.91 Å². The Morgan fingerprint density at radius 1 is 0.889 bits per heavy atom. The van der Waals surface area contributed by atoms with E-state index in [1.165, 1.54) is 0 Å². The Labute approximate surface area is 156 Å². The average Bonchev–Trinajstić information content (AvgIpc) is 2.72. The van der Waals surface area contributed by atoms with Crippen LogP contribution in [0.4, 0.5) is 0 Å². The Hall–Kier alpha value is -3.67. The Balaban J connectivity index is 1.45. The summed E-state index contributed by atoms with van der Waals surface area (Å²) in [5.74, 6) is 0.334. The number of hydrogen-bond donors (Lipinski definition) is 1. The molecule has 0 saturated carbocycles. The minimum atomic E-state index is -0.497. The molecule has 3 rings (SSSR count). The van der Waals surface area contributed by atoms with Crippen LogP contribution in [-0.4, -0.2) is 23.4 Å². The summed E-state index contributed by atoms with van der Waals surface area (Å²) < 4.78 is 10.7. The number of carbonyl (C=O) groups excluding carboxylic acids is 2. The molecule has 0 radical (unpaired) electrons. The molecule has 0 bridgehead atoms. The van der Waals surface area contributed by atoms with Crippen molar-refractivity contribution >= 4 is 11.9 Å². The molecule has 3 aromatic rings. The summed E-state index contributed by atoms with van der Waals surface area (Å²) in [6.07, 6.45) is 3.26. The lowest BCUT2D eigenvalue weighted by Gasteiger charge is -2.08. The van der Waals surface area contributed by atoms with Gasteiger partial charge < -0.3 is 14.8 Å². The number of esters is 1. The average molecular weight is 362 g/mol. The molecule has 0 aliphatic rings. The smallest absolute Gasteiger partial charge is 0.325 e. The van der Waals surface area contributed by atoms with Gasteiger partial charge in [-0.1, -0.05) is 30.3 Å². The van der Waals surface area contributed by atoms with Crippen LogP contribution in [0.3, 0.4) is 0 Å². The predicted octanol–water partition coefficient (Wildman–Crippen LogP) is 3.35. The van der Waals surface area contributed by atoms with Gasteiger partial charge in [0.2, 0.25) is 0 Å². The Bertz CT molecular complexity index is 881. The van der Waals surface area contributed by atoms with E-state index in [1.807, 2.05) is 30.3 Å². The molecular formula is C21H18N2O4. The van der Waals surface area contributed by atoms with Gasteiger partial charge in [0, 0.05) is 11.8 Å². The maximum atomic E-state index is 12.1. The predicted molar refractivity (Wildman–Crippen MR) is 99.3 cm³/mol. The van der Waals surface area contributed by atoms with Crippen molar-refractivity contribution in [2.24, 2.45) is 0 Å². The van der Waals surface area contributed by atoms with Gasteiger partial charge in [-0.3, -0.25) is 14.6 Å². The molecule has 27 heavy (non-hydrogen) atoms. The number of benzene rings is 2. The van der Waals surface area contributed by atoms with E-state index in [2.05, 4.69) is 10.3 Å². The molecule has 6 heteroatoms. The molecule has 1 amide bonds. The van der Waals surface area contributed by atoms with Crippen molar-refractivity contribution < 1.29 is 19.1 Å². The summed E-state index contributed by atoms with van der Waals surface area (Å²) in [6.45, 7) is -0.0183. The van der Waals surface area contributed by atoms with Gasteiger partial charge >= 0.3 is 5.97 Å². The van der Waals surface area contributed by atoms with E-state index in [-0.39, 0.29) is 19.1 Å². The highest BCUT2D eigenvalue weighted by Crippen LogP contribution is 2.20. The number of nitrogens with one attached hydrogen (secondary N) is 1. The van der Waals surface area contributed by atoms with Crippen LogP contribution in [0.2, 0.25) is 0 Å². The fraction of sp³-hybridized carbons (Fsp3) is 0.0952. The molecule has 0 spiro atoms. The zero-order valence-corrected chi connectivity index (χ0v) is 14.5. The lowest BCUT2D eigenvalue weighted by atomic mass is 10.2. The van der Waals surface area contributed by atoms with Crippen molar-refractivity contribution in [3.8, 4) is 11.5 Å². The first-order valence-electron chi connectivity index (χ1n) is 8.36. The van der Waals surface area contributed by atoms with Gasteiger partial charge in [0.05, 0.1) is 6.20 Å². The van der Waals surface area contributed by atoms with Crippen LogP contribution >= 0.6 is 0 Å². The molecule has 1 heterocycles. The van der Waals surface area contributed by atoms with Gasteiger partial charge in [0.15, 0.2) is 0 Å². The van der Waals surface area contributed by atoms with Gasteiger partial charge in [-0.25, -0.2) is 0 Å². The standard InChI is InChI=1S/C21H18N2O4/c24-20(26-15-16-5-2-1-3-6-16)14-23-21(25)17-8-10-18(11-9-17)27-19-7-4-12-22-13-19/h1-13H,14-15H2,(H,23,25). The lowest BCUT2D eigenvalue weighted by Crippen LogP contribution is -2.30. The third-order valence-corrected chi connectivity index (χ3v) is 3.62. The summed E-state index contributed by atoms with van der Waals surface area (Å²) >= 11 is 0. The minimum absolute atomic E-state index is 0.177. The summed E-state index contributed by atoms with van der Waals surface area (Å²) in [4.78, 5) is 27.8. The summed E-state index contributed by atoms with van der Waals surface area (Å²) in [6, 6.07) is 19.5. The van der Waals surface area contributed by atoms with Crippen LogP contribution in [0.5, 0.6) is 11.5 Å². The molecule has 1 aromatic heterocycles. The van der Waals surface area contributed by atoms with E-state index in [0.29, 0.717) is 17.1 Å². The van der Waals surface area contributed by atoms with Gasteiger partial charge in [-0.2, -0.15) is 0 Å². The number of carbonyl (C=O) groups is 2. The van der Waals surface area contributed by atoms with E-state index in [1.54, 1.807) is 48.8 Å². The van der Waals surface area contributed by atoms with E-state index in [0.717, 1.165) is 5.56 Å². The van der Waals surface area contributed by atoms with Crippen molar-refractivity contribution in [3.63, 3.8) is 0 Å². The molecule has 0 atom stereocenters. The SMILES string of the molecule is O=C(CNC(=O)c1ccc(Oc2cccnc2)cc1)OCc1ccccc1. The molecule has 136 valence electrons. The van der Waals surface area contributed by atoms with Crippen LogP contribution < -0.4 is 10.1 Å². The topological polar surface area (TPSA) is 77.5 Å². The maximum Gasteiger partial charge on any atom is 0.325 e. The zero-order chi connectivity index (χ0) is 18.9. The Kier molecular flexibility index (Phi) is 6.14. The molecule has 0 aliphatic carbocycles. The molecule has 0 saturated heterocycles. The van der Waals surface area contributed by atoms with Crippen LogP contribution in [-0.2, 0) is 16.1 Å². The first-order chi connectivity index (χ1) is 13.2. The maximum absolute atomic E-state index is 12.1. The molecular weight excluding hydrogens is 344 g/mol. The Morgan fingerprint density at radius 2 is 1.67 bits per heavy atom. The van der Waals surface area contributed by atoms with Gasteiger partial charge in [-0.05, 0) is 42.0 Å². The first kappa shape index (κ1) is 18.1. The number of hydrogen-bond acceptors (Lipinski definition) is 5. The van der Waals surface area contributed by atoms with Crippen LogP contribution in [0.1, 0.15) is 15.9 Å². The quantitative estimate of drug-likeness (QED) is 0.652. The monoisotopic (exact) mass is 362 g/mol. The second-order valence-electron chi connectivity index (χ2n) is 5.64. The number of rotatable bonds is 7. The number of ether oxygens (including phenoxy) is 2. The highest BCUT2D eigenvalue weighted by Gasteiger charge is 2.09. The highest BCUT2D eigenvalue weighted by atomic mass is 16.5. The molecule has 6 nitrogen and oxygen atoms in total. The molecule has 1 N–H and O–H groups in total. The molecule has 0 aliphatic heterocycles. The second kappa shape index (κ2) is 9.15. The highest BCUT2D eigenvalue weighted by molar-refractivity contribution is 5.96. The van der Waals surface area contributed by atoms with Crippen molar-refractivity contribution in [3.05, 3.63) is 90.3 Å². The van der Waals surface area contributed by atoms with Gasteiger partial charge in [0.1, 0.15) is 24.7 Å². The molecule has 0 fully saturated rings. The fourth-order valence-electron chi connectivity index (χ4n) is 2.26. The second-order valence-corrected chi connectivity index (χ2v) is 5.64. The van der Waals surface area contributed by atoms with E-state index < -0.39 is 5.97 Å². The van der Waals surface area contributed by atoms with Gasteiger partial charge in [-0.15, -0.1) is 0 Å². The van der Waals surface area contributed by atoms with Crippen molar-refractivity contribution in [1.29, 1.82) is 0 Å². The summed E-state index contributed by atoms with van der Waals surface area (Å²) in [5.41, 5.74) is 1.31. The fourth-order valence-corrected chi connectivity index (χ4v) is 2.26. The number of pyridine rings is 1. The van der Waals surface area contributed by atoms with Crippen molar-refractivity contribution in [2.45, 2.75) is 6.61 Å². The van der Waals surface area contributed by atoms with E-state index >= 15 is 0 Å². The third kappa shape index (κ3) is 5.67. The van der Waals surface area contributed by atoms with Crippen LogP contribution in [0.25, 0.3) is 0 Å². The normalized spacial score (nSPS) is 10.1. The molecule has 0 unspecified atom stereocenters. The molecule has 2 aromatic carbocycles. The van der Waals surface area contributed by atoms with E-state index in [4.69, 9.17) is 9.47 Å². The van der Waals surface area contributed by atoms with Crippen LogP contribution in [0, 0.1) is 0 Å². The van der Waals surface area contributed by atoms with Crippen molar-refractivity contribution in [1.82, 2.24) is 10.3 Å². The lowest BCUT2D eigenvalue weighted by molar-refractivity contribution is -0.143.